The third-order valence-corrected chi connectivity index (χ3v) is 9.30. The molecule has 6 atom stereocenters. The molecule has 1 aromatic heterocycles. The topological polar surface area (TPSA) is 234 Å². The molecule has 2 heterocycles. The van der Waals surface area contributed by atoms with Crippen molar-refractivity contribution in [1.82, 2.24) is 25.5 Å². The van der Waals surface area contributed by atoms with E-state index in [1.54, 1.807) is 0 Å². The molecule has 5 rings (SSSR count). The quantitative estimate of drug-likeness (QED) is 0.136. The SMILES string of the molecule is CC(=O)OCC1O[C@@H](Cn2nnnc2SC[C@H](NC(=O)OCC2c3ccccc3-c3ccccc32)C(=O)O)C(OC(C)=O)C(OC(C)=O)[C@H]1OC(C)=O. The lowest BCUT2D eigenvalue weighted by Gasteiger charge is -2.44. The number of benzene rings is 2. The summed E-state index contributed by atoms with van der Waals surface area (Å²) in [5.41, 5.74) is 4.07. The Labute approximate surface area is 306 Å². The van der Waals surface area contributed by atoms with Gasteiger partial charge in [0.05, 0.1) is 6.54 Å². The summed E-state index contributed by atoms with van der Waals surface area (Å²) in [6.07, 6.45) is -7.40. The molecule has 3 unspecified atom stereocenters. The van der Waals surface area contributed by atoms with Gasteiger partial charge in [-0.25, -0.2) is 14.3 Å². The van der Waals surface area contributed by atoms with Crippen LogP contribution >= 0.6 is 11.8 Å². The molecular formula is C34H37N5O13S. The number of carbonyl (C=O) groups excluding carboxylic acids is 5. The molecule has 1 fully saturated rings. The van der Waals surface area contributed by atoms with Crippen LogP contribution in [0.1, 0.15) is 44.7 Å². The third kappa shape index (κ3) is 9.66. The minimum atomic E-state index is -1.42. The molecule has 0 spiro atoms. The number of aliphatic carboxylic acids is 1. The molecule has 1 aliphatic carbocycles. The zero-order chi connectivity index (χ0) is 38.2. The molecule has 2 aromatic carbocycles. The zero-order valence-corrected chi connectivity index (χ0v) is 29.8. The average Bonchev–Trinajstić information content (AvgIpc) is 3.68. The highest BCUT2D eigenvalue weighted by atomic mass is 32.2. The molecule has 18 nitrogen and oxygen atoms in total. The van der Waals surface area contributed by atoms with Gasteiger partial charge in [-0.1, -0.05) is 60.3 Å². The highest BCUT2D eigenvalue weighted by Gasteiger charge is 2.52. The van der Waals surface area contributed by atoms with Crippen molar-refractivity contribution in [2.75, 3.05) is 19.0 Å². The van der Waals surface area contributed by atoms with Crippen molar-refractivity contribution in [1.29, 1.82) is 0 Å². The van der Waals surface area contributed by atoms with Crippen LogP contribution < -0.4 is 5.32 Å². The summed E-state index contributed by atoms with van der Waals surface area (Å²) < 4.78 is 34.3. The Kier molecular flexibility index (Phi) is 12.6. The Bertz CT molecular complexity index is 1810. The van der Waals surface area contributed by atoms with Crippen LogP contribution in [0, 0.1) is 0 Å². The Morgan fingerprint density at radius 1 is 0.792 bits per heavy atom. The molecule has 1 amide bonds. The van der Waals surface area contributed by atoms with Gasteiger partial charge in [0.15, 0.2) is 18.3 Å². The largest absolute Gasteiger partial charge is 0.480 e. The molecule has 0 radical (unpaired) electrons. The van der Waals surface area contributed by atoms with Crippen molar-refractivity contribution in [2.45, 2.75) is 81.9 Å². The molecule has 0 bridgehead atoms. The van der Waals surface area contributed by atoms with E-state index < -0.39 is 79.1 Å². The van der Waals surface area contributed by atoms with E-state index in [0.29, 0.717) is 0 Å². The van der Waals surface area contributed by atoms with Crippen molar-refractivity contribution in [2.24, 2.45) is 0 Å². The molecular weight excluding hydrogens is 718 g/mol. The van der Waals surface area contributed by atoms with E-state index in [0.717, 1.165) is 61.7 Å². The fourth-order valence-electron chi connectivity index (χ4n) is 6.16. The molecule has 1 aliphatic heterocycles. The van der Waals surface area contributed by atoms with E-state index in [1.807, 2.05) is 48.5 Å². The van der Waals surface area contributed by atoms with Crippen molar-refractivity contribution >= 4 is 47.7 Å². The van der Waals surface area contributed by atoms with E-state index in [1.165, 1.54) is 4.68 Å². The molecule has 2 N–H and O–H groups in total. The van der Waals surface area contributed by atoms with Crippen molar-refractivity contribution < 1.29 is 62.3 Å². The number of rotatable bonds is 14. The number of tetrazole rings is 1. The van der Waals surface area contributed by atoms with Crippen LogP contribution in [0.3, 0.4) is 0 Å². The Morgan fingerprint density at radius 3 is 1.92 bits per heavy atom. The van der Waals surface area contributed by atoms with E-state index in [-0.39, 0.29) is 30.0 Å². The molecule has 53 heavy (non-hydrogen) atoms. The van der Waals surface area contributed by atoms with Crippen molar-refractivity contribution in [3.63, 3.8) is 0 Å². The molecule has 19 heteroatoms. The number of ether oxygens (including phenoxy) is 6. The summed E-state index contributed by atoms with van der Waals surface area (Å²) in [5, 5.41) is 23.9. The monoisotopic (exact) mass is 755 g/mol. The number of amides is 1. The van der Waals surface area contributed by atoms with Gasteiger partial charge in [-0.15, -0.1) is 5.10 Å². The van der Waals surface area contributed by atoms with Crippen LogP contribution in [0.25, 0.3) is 11.1 Å². The second kappa shape index (κ2) is 17.3. The third-order valence-electron chi connectivity index (χ3n) is 8.25. The molecule has 1 saturated heterocycles. The van der Waals surface area contributed by atoms with Crippen LogP contribution in [0.5, 0.6) is 0 Å². The minimum absolute atomic E-state index is 0.0203. The molecule has 3 aromatic rings. The summed E-state index contributed by atoms with van der Waals surface area (Å²) in [7, 11) is 0. The van der Waals surface area contributed by atoms with E-state index in [4.69, 9.17) is 28.4 Å². The Morgan fingerprint density at radius 2 is 1.36 bits per heavy atom. The summed E-state index contributed by atoms with van der Waals surface area (Å²) >= 11 is 0.884. The lowest BCUT2D eigenvalue weighted by molar-refractivity contribution is -0.254. The first kappa shape index (κ1) is 38.7. The first-order valence-electron chi connectivity index (χ1n) is 16.4. The predicted molar refractivity (Wildman–Crippen MR) is 180 cm³/mol. The molecule has 282 valence electrons. The fourth-order valence-corrected chi connectivity index (χ4v) is 7.06. The highest BCUT2D eigenvalue weighted by molar-refractivity contribution is 7.99. The number of esters is 4. The smallest absolute Gasteiger partial charge is 0.407 e. The second-order valence-electron chi connectivity index (χ2n) is 12.1. The van der Waals surface area contributed by atoms with E-state index in [2.05, 4.69) is 20.8 Å². The number of aromatic nitrogens is 4. The van der Waals surface area contributed by atoms with Crippen molar-refractivity contribution in [3.05, 3.63) is 59.7 Å². The number of nitrogens with one attached hydrogen (secondary N) is 1. The summed E-state index contributed by atoms with van der Waals surface area (Å²) in [6, 6.07) is 14.2. The van der Waals surface area contributed by atoms with Gasteiger partial charge in [0.2, 0.25) is 5.16 Å². The van der Waals surface area contributed by atoms with E-state index in [9.17, 15) is 33.9 Å². The number of nitrogens with zero attached hydrogens (tertiary/aromatic N) is 4. The first-order valence-corrected chi connectivity index (χ1v) is 17.3. The standard InChI is InChI=1S/C34H37N5O13S/c1-17(40)47-15-28-30(50-19(3)42)31(51-20(4)43)29(49-18(2)41)27(52-28)13-39-33(36-37-38-39)53-16-26(32(44)45)35-34(46)48-14-25-23-11-7-5-9-21(23)22-10-6-8-12-24(22)25/h5-12,25-31H,13-16H2,1-4H3,(H,35,46)(H,44,45)/t26-,27-,28?,29?,30-,31?/m0/s1. The number of carbonyl (C=O) groups is 6. The fraction of sp³-hybridized carbons (Fsp3) is 0.441. The highest BCUT2D eigenvalue weighted by Crippen LogP contribution is 2.44. The van der Waals surface area contributed by atoms with Gasteiger partial charge >= 0.3 is 35.9 Å². The minimum Gasteiger partial charge on any atom is -0.480 e. The average molecular weight is 756 g/mol. The van der Waals surface area contributed by atoms with Gasteiger partial charge in [0, 0.05) is 39.4 Å². The number of alkyl carbamates (subject to hydrolysis) is 1. The maximum Gasteiger partial charge on any atom is 0.407 e. The van der Waals surface area contributed by atoms with Crippen LogP contribution in [0.15, 0.2) is 53.7 Å². The van der Waals surface area contributed by atoms with Gasteiger partial charge in [-0.2, -0.15) is 0 Å². The van der Waals surface area contributed by atoms with Crippen LogP contribution in [0.4, 0.5) is 4.79 Å². The van der Waals surface area contributed by atoms with Crippen molar-refractivity contribution in [3.8, 4) is 11.1 Å². The second-order valence-corrected chi connectivity index (χ2v) is 13.0. The molecule has 2 aliphatic rings. The molecule has 0 saturated carbocycles. The number of fused-ring (bicyclic) bond motifs is 3. The Balaban J connectivity index is 1.27. The van der Waals surface area contributed by atoms with Gasteiger partial charge < -0.3 is 38.8 Å². The van der Waals surface area contributed by atoms with Crippen LogP contribution in [0.2, 0.25) is 0 Å². The van der Waals surface area contributed by atoms with E-state index >= 15 is 0 Å². The van der Waals surface area contributed by atoms with Crippen LogP contribution in [-0.4, -0.2) is 117 Å². The number of carboxylic acids is 1. The summed E-state index contributed by atoms with van der Waals surface area (Å²) in [4.78, 5) is 73.1. The number of thioether (sulfide) groups is 1. The summed E-state index contributed by atoms with van der Waals surface area (Å²) in [6.45, 7) is 3.78. The summed E-state index contributed by atoms with van der Waals surface area (Å²) in [5.74, 6) is -4.83. The number of carboxylic acid groups (broad SMARTS) is 1. The van der Waals surface area contributed by atoms with Gasteiger partial charge in [-0.05, 0) is 32.7 Å². The maximum atomic E-state index is 12.9. The van der Waals surface area contributed by atoms with Gasteiger partial charge in [-0.3, -0.25) is 19.2 Å². The van der Waals surface area contributed by atoms with Crippen LogP contribution in [-0.2, 0) is 58.9 Å². The lowest BCUT2D eigenvalue weighted by Crippen LogP contribution is -2.63. The predicted octanol–water partition coefficient (Wildman–Crippen LogP) is 1.88. The van der Waals surface area contributed by atoms with Gasteiger partial charge in [0.1, 0.15) is 31.5 Å². The number of hydrogen-bond acceptors (Lipinski definition) is 16. The maximum absolute atomic E-state index is 12.9. The normalized spacial score (nSPS) is 20.9. The number of hydrogen-bond donors (Lipinski definition) is 2. The Hall–Kier alpha value is -5.56. The van der Waals surface area contributed by atoms with Gasteiger partial charge in [0.25, 0.3) is 0 Å². The zero-order valence-electron chi connectivity index (χ0n) is 29.0. The lowest BCUT2D eigenvalue weighted by atomic mass is 9.94. The first-order chi connectivity index (χ1) is 25.3.